The second kappa shape index (κ2) is 12.8. The minimum absolute atomic E-state index is 0.0380. The molecule has 2 unspecified atom stereocenters. The van der Waals surface area contributed by atoms with E-state index in [-0.39, 0.29) is 38.1 Å². The number of nitrogens with zero attached hydrogens (tertiary/aromatic N) is 5. The predicted octanol–water partition coefficient (Wildman–Crippen LogP) is 3.41. The number of aromatic nitrogens is 5. The molecule has 0 saturated carbocycles. The molecule has 0 fully saturated rings. The minimum atomic E-state index is -2.70. The molecular weight excluding hydrogens is 472 g/mol. The predicted molar refractivity (Wildman–Crippen MR) is 131 cm³/mol. The third-order valence-corrected chi connectivity index (χ3v) is 5.58. The maximum atomic E-state index is 13.0. The van der Waals surface area contributed by atoms with Gasteiger partial charge in [0.05, 0.1) is 31.2 Å². The molecule has 3 aromatic rings. The van der Waals surface area contributed by atoms with Crippen LogP contribution in [0.4, 0.5) is 8.78 Å². The largest absolute Gasteiger partial charge is 0.494 e. The molecule has 0 saturated heterocycles. The summed E-state index contributed by atoms with van der Waals surface area (Å²) in [6, 6.07) is 1.60. The minimum Gasteiger partial charge on any atom is -0.494 e. The van der Waals surface area contributed by atoms with Crippen LogP contribution >= 0.6 is 0 Å². The average molecular weight is 508 g/mol. The summed E-state index contributed by atoms with van der Waals surface area (Å²) in [7, 11) is 1.57. The summed E-state index contributed by atoms with van der Waals surface area (Å²) in [5, 5.41) is 7.91. The van der Waals surface area contributed by atoms with Crippen molar-refractivity contribution in [3.05, 3.63) is 30.4 Å². The van der Waals surface area contributed by atoms with Crippen LogP contribution in [-0.2, 0) is 4.74 Å². The number of alkyl halides is 2. The zero-order valence-corrected chi connectivity index (χ0v) is 21.2. The molecule has 3 heterocycles. The van der Waals surface area contributed by atoms with E-state index in [2.05, 4.69) is 25.4 Å². The quantitative estimate of drug-likeness (QED) is 0.298. The van der Waals surface area contributed by atoms with Crippen molar-refractivity contribution in [2.75, 3.05) is 33.5 Å². The topological polar surface area (TPSA) is 122 Å². The summed E-state index contributed by atoms with van der Waals surface area (Å²) >= 11 is 0. The first-order chi connectivity index (χ1) is 17.2. The summed E-state index contributed by atoms with van der Waals surface area (Å²) in [5.41, 5.74) is 7.86. The number of ether oxygens (including phenoxy) is 3. The van der Waals surface area contributed by atoms with Gasteiger partial charge < -0.3 is 25.3 Å². The van der Waals surface area contributed by atoms with E-state index in [1.165, 1.54) is 0 Å². The lowest BCUT2D eigenvalue weighted by atomic mass is 10.1. The Bertz CT molecular complexity index is 1110. The van der Waals surface area contributed by atoms with E-state index < -0.39 is 5.92 Å². The van der Waals surface area contributed by atoms with E-state index in [4.69, 9.17) is 19.9 Å². The summed E-state index contributed by atoms with van der Waals surface area (Å²) < 4.78 is 44.4. The second-order valence-corrected chi connectivity index (χ2v) is 8.64. The van der Waals surface area contributed by atoms with Crippen molar-refractivity contribution in [2.24, 2.45) is 5.73 Å². The van der Waals surface area contributed by atoms with Gasteiger partial charge in [-0.05, 0) is 39.3 Å². The van der Waals surface area contributed by atoms with Crippen molar-refractivity contribution >= 4 is 5.65 Å². The van der Waals surface area contributed by atoms with E-state index in [1.807, 2.05) is 19.9 Å². The second-order valence-electron chi connectivity index (χ2n) is 8.64. The van der Waals surface area contributed by atoms with E-state index in [0.29, 0.717) is 41.7 Å². The van der Waals surface area contributed by atoms with Gasteiger partial charge in [0, 0.05) is 37.5 Å². The first kappa shape index (κ1) is 27.6. The Balaban J connectivity index is 1.65. The van der Waals surface area contributed by atoms with Gasteiger partial charge in [0.2, 0.25) is 11.6 Å². The van der Waals surface area contributed by atoms with Gasteiger partial charge in [-0.3, -0.25) is 4.98 Å². The van der Waals surface area contributed by atoms with E-state index >= 15 is 0 Å². The fourth-order valence-corrected chi connectivity index (χ4v) is 3.57. The van der Waals surface area contributed by atoms with Gasteiger partial charge in [0.1, 0.15) is 12.4 Å². The van der Waals surface area contributed by atoms with Gasteiger partial charge in [-0.1, -0.05) is 6.92 Å². The molecule has 0 radical (unpaired) electrons. The summed E-state index contributed by atoms with van der Waals surface area (Å²) in [6.45, 7) is 6.63. The number of hydrogen-bond donors (Lipinski definition) is 2. The smallest absolute Gasteiger partial charge is 0.262 e. The van der Waals surface area contributed by atoms with Crippen molar-refractivity contribution in [3.63, 3.8) is 0 Å². The van der Waals surface area contributed by atoms with E-state index in [0.717, 1.165) is 19.2 Å². The molecule has 10 nitrogen and oxygen atoms in total. The number of imidazole rings is 1. The Morgan fingerprint density at radius 3 is 2.72 bits per heavy atom. The lowest BCUT2D eigenvalue weighted by Crippen LogP contribution is -2.25. The molecule has 3 N–H and O–H groups in total. The maximum absolute atomic E-state index is 13.0. The molecule has 0 spiro atoms. The van der Waals surface area contributed by atoms with Gasteiger partial charge in [-0.15, -0.1) is 5.10 Å². The molecule has 2 atom stereocenters. The van der Waals surface area contributed by atoms with Crippen molar-refractivity contribution in [3.8, 4) is 23.0 Å². The van der Waals surface area contributed by atoms with Gasteiger partial charge in [0.25, 0.3) is 5.88 Å². The highest BCUT2D eigenvalue weighted by atomic mass is 19.3. The maximum Gasteiger partial charge on any atom is 0.262 e. The van der Waals surface area contributed by atoms with Crippen molar-refractivity contribution in [1.82, 2.24) is 29.9 Å². The van der Waals surface area contributed by atoms with Crippen molar-refractivity contribution in [1.29, 1.82) is 0 Å². The Hall–Kier alpha value is -2.96. The standard InChI is InChI=1S/C24H35F2N7O3/c1-5-28-16(2)19-14-18(20(34-4)15-30-19)21-31-23(22-29-9-10-33(22)32-21)36-13-12-35-11-7-17(27)6-8-24(3,25)26/h9-10,14-17,28H,5-8,11-13,27H2,1-4H3. The first-order valence-corrected chi connectivity index (χ1v) is 12.0. The number of rotatable bonds is 15. The van der Waals surface area contributed by atoms with Crippen LogP contribution in [-0.4, -0.2) is 70.0 Å². The number of nitrogens with one attached hydrogen (secondary N) is 1. The van der Waals surface area contributed by atoms with Crippen molar-refractivity contribution in [2.45, 2.75) is 58.0 Å². The van der Waals surface area contributed by atoms with Crippen molar-refractivity contribution < 1.29 is 23.0 Å². The monoisotopic (exact) mass is 507 g/mol. The van der Waals surface area contributed by atoms with Gasteiger partial charge >= 0.3 is 0 Å². The molecule has 0 aliphatic rings. The van der Waals surface area contributed by atoms with Gasteiger partial charge in [-0.25, -0.2) is 18.3 Å². The Kier molecular flexibility index (Phi) is 9.85. The first-order valence-electron chi connectivity index (χ1n) is 12.0. The highest BCUT2D eigenvalue weighted by molar-refractivity contribution is 5.65. The molecule has 198 valence electrons. The number of nitrogens with two attached hydrogens (primary N) is 1. The average Bonchev–Trinajstić information content (AvgIpc) is 3.33. The van der Waals surface area contributed by atoms with Crippen LogP contribution in [0.1, 0.15) is 51.8 Å². The summed E-state index contributed by atoms with van der Waals surface area (Å²) in [4.78, 5) is 13.4. The van der Waals surface area contributed by atoms with Crippen LogP contribution in [0.2, 0.25) is 0 Å². The van der Waals surface area contributed by atoms with Crippen LogP contribution < -0.4 is 20.5 Å². The molecular formula is C24H35F2N7O3. The highest BCUT2D eigenvalue weighted by Crippen LogP contribution is 2.30. The fraction of sp³-hybridized carbons (Fsp3) is 0.583. The van der Waals surface area contributed by atoms with E-state index in [1.54, 1.807) is 30.2 Å². The molecule has 0 amide bonds. The SMILES string of the molecule is CCNC(C)c1cc(-c2nc(OCCOCCC(N)CCC(C)(F)F)c3nccn3n2)c(OC)cn1. The number of pyridine rings is 1. The summed E-state index contributed by atoms with van der Waals surface area (Å²) in [6.07, 6.45) is 5.49. The highest BCUT2D eigenvalue weighted by Gasteiger charge is 2.22. The molecule has 0 bridgehead atoms. The van der Waals surface area contributed by atoms with Crippen LogP contribution in [0.25, 0.3) is 17.0 Å². The number of fused-ring (bicyclic) bond motifs is 1. The Labute approximate surface area is 209 Å². The molecule has 0 aliphatic carbocycles. The zero-order valence-electron chi connectivity index (χ0n) is 21.2. The zero-order chi connectivity index (χ0) is 26.1. The number of hydrogen-bond acceptors (Lipinski definition) is 9. The van der Waals surface area contributed by atoms with E-state index in [9.17, 15) is 8.78 Å². The number of halogens is 2. The van der Waals surface area contributed by atoms with Crippen LogP contribution in [0, 0.1) is 0 Å². The van der Waals surface area contributed by atoms with Crippen LogP contribution in [0.5, 0.6) is 11.6 Å². The Morgan fingerprint density at radius 1 is 1.19 bits per heavy atom. The normalized spacial score (nSPS) is 13.6. The lowest BCUT2D eigenvalue weighted by Gasteiger charge is -2.15. The molecule has 3 aromatic heterocycles. The Morgan fingerprint density at radius 2 is 2.00 bits per heavy atom. The third-order valence-electron chi connectivity index (χ3n) is 5.58. The lowest BCUT2D eigenvalue weighted by molar-refractivity contribution is 0.00800. The molecule has 3 rings (SSSR count). The fourth-order valence-electron chi connectivity index (χ4n) is 3.57. The number of methoxy groups -OCH3 is 1. The molecule has 12 heteroatoms. The van der Waals surface area contributed by atoms with Gasteiger partial charge in [0.15, 0.2) is 5.82 Å². The third kappa shape index (κ3) is 7.77. The van der Waals surface area contributed by atoms with Crippen LogP contribution in [0.15, 0.2) is 24.7 Å². The molecule has 0 aliphatic heterocycles. The van der Waals surface area contributed by atoms with Gasteiger partial charge in [-0.2, -0.15) is 4.98 Å². The molecule has 0 aromatic carbocycles. The summed E-state index contributed by atoms with van der Waals surface area (Å²) in [5.74, 6) is -1.46. The van der Waals surface area contributed by atoms with Crippen LogP contribution in [0.3, 0.4) is 0 Å². The molecule has 36 heavy (non-hydrogen) atoms.